The summed E-state index contributed by atoms with van der Waals surface area (Å²) < 4.78 is -0.147. The SMILES string of the molecule is C=C1N2C(=O)[C@@H](NC(c3ccccc3)(c3ccccc3)c3ccccc3)C2SC1(C)C. The third-order valence-corrected chi connectivity index (χ3v) is 7.99. The number of hydrogen-bond acceptors (Lipinski definition) is 3. The maximum Gasteiger partial charge on any atom is 0.248 e. The molecule has 4 heteroatoms. The van der Waals surface area contributed by atoms with Crippen LogP contribution in [-0.4, -0.2) is 27.0 Å². The number of carbonyl (C=O) groups excluding carboxylic acids is 1. The number of benzene rings is 3. The Kier molecular flexibility index (Phi) is 4.80. The second kappa shape index (κ2) is 7.40. The summed E-state index contributed by atoms with van der Waals surface area (Å²) in [5, 5.41) is 3.89. The van der Waals surface area contributed by atoms with Gasteiger partial charge in [-0.15, -0.1) is 11.8 Å². The van der Waals surface area contributed by atoms with Crippen molar-refractivity contribution >= 4 is 17.7 Å². The van der Waals surface area contributed by atoms with Gasteiger partial charge in [-0.3, -0.25) is 15.0 Å². The molecule has 0 radical (unpaired) electrons. The quantitative estimate of drug-likeness (QED) is 0.453. The topological polar surface area (TPSA) is 32.3 Å². The van der Waals surface area contributed by atoms with Crippen molar-refractivity contribution in [2.24, 2.45) is 0 Å². The number of amides is 1. The molecule has 2 fully saturated rings. The fourth-order valence-electron chi connectivity index (χ4n) is 4.71. The molecule has 0 aromatic heterocycles. The molecule has 5 rings (SSSR count). The number of β-lactam (4-membered cyclic amide) rings is 1. The highest BCUT2D eigenvalue weighted by Gasteiger charge is 2.60. The van der Waals surface area contributed by atoms with Crippen molar-refractivity contribution in [1.29, 1.82) is 0 Å². The van der Waals surface area contributed by atoms with E-state index in [0.29, 0.717) is 0 Å². The Bertz CT molecular complexity index is 1020. The van der Waals surface area contributed by atoms with Gasteiger partial charge in [0.1, 0.15) is 11.4 Å². The number of nitrogens with one attached hydrogen (secondary N) is 1. The molecule has 2 aliphatic heterocycles. The first-order chi connectivity index (χ1) is 14.9. The predicted molar refractivity (Wildman–Crippen MR) is 128 cm³/mol. The lowest BCUT2D eigenvalue weighted by Gasteiger charge is -2.48. The van der Waals surface area contributed by atoms with Crippen LogP contribution in [0.5, 0.6) is 0 Å². The van der Waals surface area contributed by atoms with Crippen LogP contribution in [0.15, 0.2) is 103 Å². The number of fused-ring (bicyclic) bond motifs is 1. The maximum absolute atomic E-state index is 13.3. The van der Waals surface area contributed by atoms with Crippen LogP contribution < -0.4 is 5.32 Å². The Morgan fingerprint density at radius 2 is 1.26 bits per heavy atom. The molecule has 0 bridgehead atoms. The zero-order chi connectivity index (χ0) is 21.6. The van der Waals surface area contributed by atoms with Gasteiger partial charge in [-0.1, -0.05) is 97.6 Å². The van der Waals surface area contributed by atoms with E-state index >= 15 is 0 Å². The lowest BCUT2D eigenvalue weighted by atomic mass is 9.76. The molecule has 0 aliphatic carbocycles. The Morgan fingerprint density at radius 3 is 1.68 bits per heavy atom. The molecule has 0 spiro atoms. The van der Waals surface area contributed by atoms with Gasteiger partial charge in [-0.25, -0.2) is 0 Å². The highest BCUT2D eigenvalue weighted by atomic mass is 32.2. The Hall–Kier alpha value is -2.82. The first-order valence-corrected chi connectivity index (χ1v) is 11.5. The smallest absolute Gasteiger partial charge is 0.248 e. The van der Waals surface area contributed by atoms with Gasteiger partial charge >= 0.3 is 0 Å². The monoisotopic (exact) mass is 426 g/mol. The minimum Gasteiger partial charge on any atom is -0.299 e. The normalized spacial score (nSPS) is 22.2. The maximum atomic E-state index is 13.3. The van der Waals surface area contributed by atoms with Crippen molar-refractivity contribution in [3.05, 3.63) is 120 Å². The van der Waals surface area contributed by atoms with E-state index in [1.807, 2.05) is 23.1 Å². The molecule has 2 atom stereocenters. The van der Waals surface area contributed by atoms with Gasteiger partial charge < -0.3 is 0 Å². The molecule has 1 N–H and O–H groups in total. The van der Waals surface area contributed by atoms with E-state index in [9.17, 15) is 4.79 Å². The fourth-order valence-corrected chi connectivity index (χ4v) is 6.21. The van der Waals surface area contributed by atoms with E-state index in [0.717, 1.165) is 22.4 Å². The summed E-state index contributed by atoms with van der Waals surface area (Å²) in [6.07, 6.45) is 0. The van der Waals surface area contributed by atoms with Crippen molar-refractivity contribution in [3.63, 3.8) is 0 Å². The summed E-state index contributed by atoms with van der Waals surface area (Å²) in [7, 11) is 0. The molecular formula is C27H26N2OS. The average Bonchev–Trinajstić information content (AvgIpc) is 3.02. The highest BCUT2D eigenvalue weighted by molar-refractivity contribution is 8.01. The third-order valence-electron chi connectivity index (χ3n) is 6.44. The lowest BCUT2D eigenvalue weighted by Crippen LogP contribution is -2.69. The van der Waals surface area contributed by atoms with Gasteiger partial charge in [0, 0.05) is 5.70 Å². The van der Waals surface area contributed by atoms with Gasteiger partial charge in [-0.05, 0) is 30.5 Å². The zero-order valence-electron chi connectivity index (χ0n) is 17.8. The fraction of sp³-hybridized carbons (Fsp3) is 0.222. The largest absolute Gasteiger partial charge is 0.299 e. The van der Waals surface area contributed by atoms with Crippen molar-refractivity contribution in [3.8, 4) is 0 Å². The van der Waals surface area contributed by atoms with Gasteiger partial charge in [0.15, 0.2) is 0 Å². The van der Waals surface area contributed by atoms with Gasteiger partial charge in [0.2, 0.25) is 5.91 Å². The minimum atomic E-state index is -0.648. The second-order valence-corrected chi connectivity index (χ2v) is 10.4. The predicted octanol–water partition coefficient (Wildman–Crippen LogP) is 5.14. The van der Waals surface area contributed by atoms with Crippen LogP contribution in [0.4, 0.5) is 0 Å². The summed E-state index contributed by atoms with van der Waals surface area (Å²) in [4.78, 5) is 15.2. The first kappa shape index (κ1) is 20.1. The molecule has 2 saturated heterocycles. The number of carbonyl (C=O) groups is 1. The van der Waals surface area contributed by atoms with Crippen molar-refractivity contribution < 1.29 is 4.79 Å². The number of thioether (sulfide) groups is 1. The van der Waals surface area contributed by atoms with E-state index in [-0.39, 0.29) is 22.1 Å². The number of rotatable bonds is 5. The molecule has 1 amide bonds. The van der Waals surface area contributed by atoms with E-state index in [1.165, 1.54) is 0 Å². The zero-order valence-corrected chi connectivity index (χ0v) is 18.6. The van der Waals surface area contributed by atoms with Crippen LogP contribution in [-0.2, 0) is 10.3 Å². The molecule has 3 aromatic carbocycles. The van der Waals surface area contributed by atoms with Gasteiger partial charge in [0.25, 0.3) is 0 Å². The van der Waals surface area contributed by atoms with E-state index in [1.54, 1.807) is 11.8 Å². The summed E-state index contributed by atoms with van der Waals surface area (Å²) in [5.41, 5.74) is 3.58. The summed E-state index contributed by atoms with van der Waals surface area (Å²) >= 11 is 1.81. The van der Waals surface area contributed by atoms with Crippen molar-refractivity contribution in [1.82, 2.24) is 10.2 Å². The molecule has 2 heterocycles. The highest BCUT2D eigenvalue weighted by Crippen LogP contribution is 2.53. The Labute approximate surface area is 188 Å². The Balaban J connectivity index is 1.67. The summed E-state index contributed by atoms with van der Waals surface area (Å²) in [6, 6.07) is 31.0. The van der Waals surface area contributed by atoms with Crippen LogP contribution in [0.25, 0.3) is 0 Å². The average molecular weight is 427 g/mol. The molecule has 31 heavy (non-hydrogen) atoms. The van der Waals surface area contributed by atoms with Crippen LogP contribution in [0.3, 0.4) is 0 Å². The molecule has 2 aliphatic rings. The van der Waals surface area contributed by atoms with Crippen LogP contribution in [0, 0.1) is 0 Å². The van der Waals surface area contributed by atoms with Gasteiger partial charge in [0.05, 0.1) is 10.3 Å². The molecule has 0 saturated carbocycles. The summed E-state index contributed by atoms with van der Waals surface area (Å²) in [5.74, 6) is 0.0974. The number of hydrogen-bond donors (Lipinski definition) is 1. The molecule has 1 unspecified atom stereocenters. The molecule has 3 aromatic rings. The van der Waals surface area contributed by atoms with Crippen molar-refractivity contribution in [2.75, 3.05) is 0 Å². The minimum absolute atomic E-state index is 0.0468. The second-order valence-electron chi connectivity index (χ2n) is 8.64. The van der Waals surface area contributed by atoms with Gasteiger partial charge in [-0.2, -0.15) is 0 Å². The van der Waals surface area contributed by atoms with E-state index in [4.69, 9.17) is 0 Å². The van der Waals surface area contributed by atoms with Crippen LogP contribution in [0.2, 0.25) is 0 Å². The Morgan fingerprint density at radius 1 is 0.839 bits per heavy atom. The first-order valence-electron chi connectivity index (χ1n) is 10.6. The molecule has 156 valence electrons. The van der Waals surface area contributed by atoms with E-state index in [2.05, 4.69) is 98.5 Å². The van der Waals surface area contributed by atoms with Crippen LogP contribution >= 0.6 is 11.8 Å². The third kappa shape index (κ3) is 3.05. The number of nitrogens with zero attached hydrogens (tertiary/aromatic N) is 1. The summed E-state index contributed by atoms with van der Waals surface area (Å²) in [6.45, 7) is 8.48. The van der Waals surface area contributed by atoms with Crippen LogP contribution in [0.1, 0.15) is 30.5 Å². The molecular weight excluding hydrogens is 400 g/mol. The van der Waals surface area contributed by atoms with Crippen molar-refractivity contribution in [2.45, 2.75) is 35.5 Å². The lowest BCUT2D eigenvalue weighted by molar-refractivity contribution is -0.143. The standard InChI is InChI=1S/C27H26N2OS/c1-19-26(2,3)31-25-23(24(30)29(19)25)28-27(20-13-7-4-8-14-20,21-15-9-5-10-16-21)22-17-11-6-12-18-22/h4-18,23,25,28H,1H2,2-3H3/t23-,25?/m1/s1. The molecule has 3 nitrogen and oxygen atoms in total. The van der Waals surface area contributed by atoms with E-state index < -0.39 is 5.54 Å².